The first-order valence-corrected chi connectivity index (χ1v) is 11.8. The third-order valence-electron chi connectivity index (χ3n) is 4.82. The van der Waals surface area contributed by atoms with Gasteiger partial charge in [-0.2, -0.15) is 4.31 Å². The van der Waals surface area contributed by atoms with E-state index in [9.17, 15) is 22.8 Å². The summed E-state index contributed by atoms with van der Waals surface area (Å²) in [4.78, 5) is 35.5. The van der Waals surface area contributed by atoms with Crippen molar-refractivity contribution in [3.8, 4) is 0 Å². The average Bonchev–Trinajstić information content (AvgIpc) is 2.70. The maximum atomic E-state index is 12.9. The van der Waals surface area contributed by atoms with Crippen LogP contribution in [0.4, 0.5) is 4.79 Å². The van der Waals surface area contributed by atoms with Crippen LogP contribution in [-0.4, -0.2) is 56.9 Å². The summed E-state index contributed by atoms with van der Waals surface area (Å²) >= 11 is 0. The fourth-order valence-electron chi connectivity index (χ4n) is 3.43. The zero-order valence-corrected chi connectivity index (χ0v) is 19.2. The SMILES string of the molecule is CC(C)CNC(=O)NC(=O)COC(=O)c1ccc(S(=O)(=O)N2CC(C)CC(C)C2)cc1. The van der Waals surface area contributed by atoms with Crippen LogP contribution in [0.15, 0.2) is 29.2 Å². The van der Waals surface area contributed by atoms with Gasteiger partial charge in [-0.3, -0.25) is 10.1 Å². The van der Waals surface area contributed by atoms with Gasteiger partial charge in [0.15, 0.2) is 6.61 Å². The number of ether oxygens (including phenoxy) is 1. The molecule has 1 heterocycles. The lowest BCUT2D eigenvalue weighted by molar-refractivity contribution is -0.123. The lowest BCUT2D eigenvalue weighted by atomic mass is 9.94. The second kappa shape index (κ2) is 10.7. The summed E-state index contributed by atoms with van der Waals surface area (Å²) in [5, 5.41) is 4.58. The van der Waals surface area contributed by atoms with Gasteiger partial charge in [-0.25, -0.2) is 18.0 Å². The van der Waals surface area contributed by atoms with Crippen LogP contribution in [0.2, 0.25) is 0 Å². The van der Waals surface area contributed by atoms with Crippen LogP contribution in [0.1, 0.15) is 44.5 Å². The smallest absolute Gasteiger partial charge is 0.338 e. The second-order valence-corrected chi connectivity index (χ2v) is 10.5. The maximum absolute atomic E-state index is 12.9. The summed E-state index contributed by atoms with van der Waals surface area (Å²) in [5.41, 5.74) is 0.108. The molecule has 1 aliphatic rings. The predicted molar refractivity (Wildman–Crippen MR) is 115 cm³/mol. The van der Waals surface area contributed by atoms with Gasteiger partial charge in [-0.1, -0.05) is 27.7 Å². The molecule has 0 spiro atoms. The van der Waals surface area contributed by atoms with Crippen LogP contribution in [-0.2, 0) is 19.6 Å². The van der Waals surface area contributed by atoms with Gasteiger partial charge in [0.2, 0.25) is 10.0 Å². The fraction of sp³-hybridized carbons (Fsp3) is 0.571. The van der Waals surface area contributed by atoms with Crippen molar-refractivity contribution < 1.29 is 27.5 Å². The van der Waals surface area contributed by atoms with E-state index in [-0.39, 0.29) is 28.2 Å². The van der Waals surface area contributed by atoms with Gasteiger partial charge in [-0.05, 0) is 48.4 Å². The molecule has 10 heteroatoms. The molecule has 1 saturated heterocycles. The number of carbonyl (C=O) groups is 3. The number of rotatable bonds is 7. The third-order valence-corrected chi connectivity index (χ3v) is 6.67. The van der Waals surface area contributed by atoms with Crippen molar-refractivity contribution in [2.75, 3.05) is 26.2 Å². The van der Waals surface area contributed by atoms with Crippen LogP contribution >= 0.6 is 0 Å². The number of hydrogen-bond acceptors (Lipinski definition) is 6. The number of esters is 1. The Labute approximate surface area is 183 Å². The van der Waals surface area contributed by atoms with Crippen molar-refractivity contribution in [2.45, 2.75) is 39.0 Å². The van der Waals surface area contributed by atoms with Crippen LogP contribution in [0.5, 0.6) is 0 Å². The number of urea groups is 1. The predicted octanol–water partition coefficient (Wildman–Crippen LogP) is 1.99. The summed E-state index contributed by atoms with van der Waals surface area (Å²) < 4.78 is 32.2. The molecular weight excluding hydrogens is 422 g/mol. The number of nitrogens with zero attached hydrogens (tertiary/aromatic N) is 1. The molecule has 0 saturated carbocycles. The first kappa shape index (κ1) is 24.8. The molecule has 3 amide bonds. The Hall–Kier alpha value is -2.46. The molecule has 0 bridgehead atoms. The normalized spacial score (nSPS) is 19.6. The van der Waals surface area contributed by atoms with E-state index in [1.54, 1.807) is 0 Å². The minimum atomic E-state index is -3.65. The Morgan fingerprint density at radius 3 is 2.23 bits per heavy atom. The van der Waals surface area contributed by atoms with Gasteiger partial charge in [0, 0.05) is 19.6 Å². The van der Waals surface area contributed by atoms with Gasteiger partial charge >= 0.3 is 12.0 Å². The quantitative estimate of drug-likeness (QED) is 0.609. The van der Waals surface area contributed by atoms with Gasteiger partial charge in [0.25, 0.3) is 5.91 Å². The molecule has 1 aromatic carbocycles. The van der Waals surface area contributed by atoms with Crippen LogP contribution in [0, 0.1) is 17.8 Å². The number of amides is 3. The van der Waals surface area contributed by atoms with E-state index < -0.39 is 34.5 Å². The highest BCUT2D eigenvalue weighted by Crippen LogP contribution is 2.26. The number of benzene rings is 1. The Morgan fingerprint density at radius 2 is 1.68 bits per heavy atom. The fourth-order valence-corrected chi connectivity index (χ4v) is 5.11. The number of imide groups is 1. The molecule has 172 valence electrons. The second-order valence-electron chi connectivity index (χ2n) is 8.52. The Bertz CT molecular complexity index is 888. The summed E-state index contributed by atoms with van der Waals surface area (Å²) in [7, 11) is -3.65. The molecule has 2 rings (SSSR count). The molecule has 2 unspecified atom stereocenters. The summed E-state index contributed by atoms with van der Waals surface area (Å²) in [5.74, 6) is -0.756. The maximum Gasteiger partial charge on any atom is 0.338 e. The highest BCUT2D eigenvalue weighted by molar-refractivity contribution is 7.89. The van der Waals surface area contributed by atoms with Crippen molar-refractivity contribution in [3.05, 3.63) is 29.8 Å². The monoisotopic (exact) mass is 453 g/mol. The molecule has 1 aliphatic heterocycles. The van der Waals surface area contributed by atoms with E-state index in [2.05, 4.69) is 10.6 Å². The topological polar surface area (TPSA) is 122 Å². The summed E-state index contributed by atoms with van der Waals surface area (Å²) in [6.45, 7) is 8.60. The first-order chi connectivity index (χ1) is 14.5. The molecule has 2 N–H and O–H groups in total. The molecule has 9 nitrogen and oxygen atoms in total. The number of carbonyl (C=O) groups excluding carboxylic acids is 3. The van der Waals surface area contributed by atoms with Gasteiger partial charge in [-0.15, -0.1) is 0 Å². The van der Waals surface area contributed by atoms with Gasteiger partial charge in [0.05, 0.1) is 10.5 Å². The average molecular weight is 454 g/mol. The number of nitrogens with one attached hydrogen (secondary N) is 2. The van der Waals surface area contributed by atoms with Crippen molar-refractivity contribution in [3.63, 3.8) is 0 Å². The van der Waals surface area contributed by atoms with Crippen molar-refractivity contribution >= 4 is 27.9 Å². The third kappa shape index (κ3) is 7.32. The Kier molecular flexibility index (Phi) is 8.58. The van der Waals surface area contributed by atoms with E-state index in [0.717, 1.165) is 6.42 Å². The largest absolute Gasteiger partial charge is 0.452 e. The molecule has 1 aromatic rings. The van der Waals surface area contributed by atoms with E-state index in [0.29, 0.717) is 19.6 Å². The number of hydrogen-bond donors (Lipinski definition) is 2. The van der Waals surface area contributed by atoms with E-state index in [1.165, 1.54) is 28.6 Å². The highest BCUT2D eigenvalue weighted by atomic mass is 32.2. The molecule has 0 aromatic heterocycles. The van der Waals surface area contributed by atoms with E-state index in [1.807, 2.05) is 27.7 Å². The number of sulfonamides is 1. The van der Waals surface area contributed by atoms with Crippen LogP contribution < -0.4 is 10.6 Å². The molecular formula is C21H31N3O6S. The Balaban J connectivity index is 1.91. The van der Waals surface area contributed by atoms with Gasteiger partial charge < -0.3 is 10.1 Å². The van der Waals surface area contributed by atoms with Crippen LogP contribution in [0.25, 0.3) is 0 Å². The minimum absolute atomic E-state index is 0.102. The standard InChI is InChI=1S/C21H31N3O6S/c1-14(2)10-22-21(27)23-19(25)13-30-20(26)17-5-7-18(8-6-17)31(28,29)24-11-15(3)9-16(4)12-24/h5-8,14-16H,9-13H2,1-4H3,(H2,22,23,25,27). The molecule has 1 fully saturated rings. The Morgan fingerprint density at radius 1 is 1.10 bits per heavy atom. The van der Waals surface area contributed by atoms with Crippen molar-refractivity contribution in [1.82, 2.24) is 14.9 Å². The first-order valence-electron chi connectivity index (χ1n) is 10.3. The number of piperidine rings is 1. The lowest BCUT2D eigenvalue weighted by Crippen LogP contribution is -2.42. The molecule has 31 heavy (non-hydrogen) atoms. The summed E-state index contributed by atoms with van der Waals surface area (Å²) in [6, 6.07) is 4.74. The van der Waals surface area contributed by atoms with Gasteiger partial charge in [0.1, 0.15) is 0 Å². The van der Waals surface area contributed by atoms with Crippen molar-refractivity contribution in [2.24, 2.45) is 17.8 Å². The highest BCUT2D eigenvalue weighted by Gasteiger charge is 2.31. The molecule has 2 atom stereocenters. The zero-order valence-electron chi connectivity index (χ0n) is 18.4. The van der Waals surface area contributed by atoms with Crippen molar-refractivity contribution in [1.29, 1.82) is 0 Å². The molecule has 0 radical (unpaired) electrons. The summed E-state index contributed by atoms with van der Waals surface area (Å²) in [6.07, 6.45) is 0.990. The zero-order chi connectivity index (χ0) is 23.2. The lowest BCUT2D eigenvalue weighted by Gasteiger charge is -2.34. The van der Waals surface area contributed by atoms with E-state index in [4.69, 9.17) is 4.74 Å². The minimum Gasteiger partial charge on any atom is -0.452 e. The van der Waals surface area contributed by atoms with Crippen LogP contribution in [0.3, 0.4) is 0 Å². The molecule has 0 aliphatic carbocycles. The van der Waals surface area contributed by atoms with E-state index >= 15 is 0 Å².